The standard InChI is InChI=1S/C58H77NO18S2/c1-34-41-30-44(63)57(10)26-25-45-58(33-71-45,76-37(4)62)51(57)49(75-52(66)39-21-15-12-16-22-39)42(56(41,8)9)29-43(34)73-53(67)50(48(38-19-13-11-14-20-38)59-54(68)77-55(5,6)7)74-47(65)24-18-28-79-78-27-17-23-46(64)72-40(31-69-35(2)60)32-70-36(3)61/h11-16,19,21-22,38,40,42-43,45,48-51H,17-18,20,23-33H2,1-10H3,(H,59,68)/t38?,42?,43-,45+,48-,49+,50?,51?,57-,58-/m0/s1. The van der Waals surface area contributed by atoms with Gasteiger partial charge in [-0.1, -0.05) is 90.4 Å². The number of alkyl carbamates (subject to hydrolysis) is 1. The van der Waals surface area contributed by atoms with E-state index < -0.39 is 124 Å². The van der Waals surface area contributed by atoms with Crippen LogP contribution in [0.5, 0.6) is 0 Å². The number of amides is 1. The first-order valence-electron chi connectivity index (χ1n) is 27.0. The number of carbonyl (C=O) groups excluding carboxylic acids is 9. The number of ether oxygens (including phenoxy) is 9. The molecule has 0 aromatic heterocycles. The van der Waals surface area contributed by atoms with Gasteiger partial charge in [-0.05, 0) is 89.3 Å². The minimum Gasteiger partial charge on any atom is -0.462 e. The third kappa shape index (κ3) is 16.0. The molecule has 1 amide bonds. The maximum atomic E-state index is 15.2. The Balaban J connectivity index is 1.23. The average molecular weight is 1140 g/mol. The third-order valence-electron chi connectivity index (χ3n) is 15.4. The molecule has 79 heavy (non-hydrogen) atoms. The van der Waals surface area contributed by atoms with Crippen LogP contribution in [0.15, 0.2) is 65.8 Å². The zero-order valence-corrected chi connectivity index (χ0v) is 48.6. The van der Waals surface area contributed by atoms with Gasteiger partial charge >= 0.3 is 47.9 Å². The predicted octanol–water partition coefficient (Wildman–Crippen LogP) is 8.49. The summed E-state index contributed by atoms with van der Waals surface area (Å²) in [6.07, 6.45) is 3.07. The molecule has 19 nitrogen and oxygen atoms in total. The summed E-state index contributed by atoms with van der Waals surface area (Å²) in [6, 6.07) is 7.30. The van der Waals surface area contributed by atoms with E-state index in [-0.39, 0.29) is 56.9 Å². The van der Waals surface area contributed by atoms with Crippen LogP contribution < -0.4 is 5.32 Å². The van der Waals surface area contributed by atoms with Crippen LogP contribution in [-0.4, -0.2) is 133 Å². The fourth-order valence-corrected chi connectivity index (χ4v) is 13.7. The molecule has 1 saturated heterocycles. The fourth-order valence-electron chi connectivity index (χ4n) is 11.5. The van der Waals surface area contributed by atoms with Gasteiger partial charge in [0.1, 0.15) is 42.9 Å². The summed E-state index contributed by atoms with van der Waals surface area (Å²) >= 11 is 0. The summed E-state index contributed by atoms with van der Waals surface area (Å²) in [4.78, 5) is 120. The van der Waals surface area contributed by atoms with Crippen molar-refractivity contribution in [1.29, 1.82) is 0 Å². The van der Waals surface area contributed by atoms with Crippen molar-refractivity contribution in [3.05, 3.63) is 71.3 Å². The largest absolute Gasteiger partial charge is 0.462 e. The molecule has 3 fully saturated rings. The van der Waals surface area contributed by atoms with Crippen LogP contribution in [0.1, 0.15) is 137 Å². The summed E-state index contributed by atoms with van der Waals surface area (Å²) in [5.41, 5.74) is -2.63. The van der Waals surface area contributed by atoms with Crippen molar-refractivity contribution in [1.82, 2.24) is 5.32 Å². The first-order chi connectivity index (χ1) is 37.2. The predicted molar refractivity (Wildman–Crippen MR) is 291 cm³/mol. The fraction of sp³-hybridized carbons (Fsp3) is 0.638. The Morgan fingerprint density at radius 3 is 2.03 bits per heavy atom. The van der Waals surface area contributed by atoms with E-state index in [1.54, 1.807) is 63.3 Å². The Morgan fingerprint density at radius 2 is 1.47 bits per heavy atom. The molecule has 10 atom stereocenters. The molecular weight excluding hydrogens is 1060 g/mol. The van der Waals surface area contributed by atoms with Gasteiger partial charge in [-0.2, -0.15) is 0 Å². The minimum absolute atomic E-state index is 0.0123. The molecule has 1 heterocycles. The highest BCUT2D eigenvalue weighted by molar-refractivity contribution is 8.76. The Bertz CT molecular complexity index is 2500. The lowest BCUT2D eigenvalue weighted by atomic mass is 9.47. The molecule has 6 rings (SSSR count). The highest BCUT2D eigenvalue weighted by atomic mass is 33.1. The molecule has 1 aliphatic heterocycles. The number of benzene rings is 1. The van der Waals surface area contributed by atoms with Crippen LogP contribution in [0, 0.1) is 28.6 Å². The Morgan fingerprint density at radius 1 is 0.835 bits per heavy atom. The number of Topliss-reactive ketones (excluding diaryl/α,β-unsaturated/α-hetero) is 1. The highest BCUT2D eigenvalue weighted by Crippen LogP contribution is 2.63. The summed E-state index contributed by atoms with van der Waals surface area (Å²) < 4.78 is 52.5. The smallest absolute Gasteiger partial charge is 0.408 e. The monoisotopic (exact) mass is 1140 g/mol. The molecule has 0 spiro atoms. The zero-order valence-electron chi connectivity index (χ0n) is 47.0. The van der Waals surface area contributed by atoms with Crippen LogP contribution in [-0.2, 0) is 76.2 Å². The van der Waals surface area contributed by atoms with E-state index in [0.29, 0.717) is 54.8 Å². The maximum absolute atomic E-state index is 15.2. The van der Waals surface area contributed by atoms with E-state index in [2.05, 4.69) is 5.32 Å². The number of esters is 7. The van der Waals surface area contributed by atoms with E-state index in [0.717, 1.165) is 0 Å². The molecule has 2 bridgehead atoms. The second kappa shape index (κ2) is 27.2. The maximum Gasteiger partial charge on any atom is 0.408 e. The molecular formula is C58H77NO18S2. The van der Waals surface area contributed by atoms with E-state index in [4.69, 9.17) is 42.6 Å². The molecule has 5 aliphatic rings. The van der Waals surface area contributed by atoms with Crippen LogP contribution in [0.2, 0.25) is 0 Å². The Hall–Kier alpha value is -5.67. The normalized spacial score (nSPS) is 26.5. The minimum atomic E-state index is -1.70. The second-order valence-electron chi connectivity index (χ2n) is 22.6. The van der Waals surface area contributed by atoms with Crippen molar-refractivity contribution in [3.63, 3.8) is 0 Å². The number of nitrogens with one attached hydrogen (secondary N) is 1. The van der Waals surface area contributed by atoms with Crippen LogP contribution >= 0.6 is 21.6 Å². The molecule has 1 N–H and O–H groups in total. The van der Waals surface area contributed by atoms with Gasteiger partial charge in [0.2, 0.25) is 6.10 Å². The average Bonchev–Trinajstić information content (AvgIpc) is 3.39. The molecule has 434 valence electrons. The molecule has 1 aromatic rings. The van der Waals surface area contributed by atoms with Crippen molar-refractivity contribution in [2.75, 3.05) is 31.3 Å². The number of hydrogen-bond donors (Lipinski definition) is 1. The molecule has 21 heteroatoms. The van der Waals surface area contributed by atoms with Gasteiger partial charge in [0.15, 0.2) is 11.7 Å². The number of ketones is 1. The molecule has 0 radical (unpaired) electrons. The molecule has 4 aliphatic carbocycles. The quantitative estimate of drug-likeness (QED) is 0.0354. The van der Waals surface area contributed by atoms with Gasteiger partial charge < -0.3 is 47.9 Å². The number of carbonyl (C=O) groups is 9. The molecule has 4 unspecified atom stereocenters. The lowest BCUT2D eigenvalue weighted by molar-refractivity contribution is -0.319. The highest BCUT2D eigenvalue weighted by Gasteiger charge is 2.72. The molecule has 1 aromatic carbocycles. The summed E-state index contributed by atoms with van der Waals surface area (Å²) in [7, 11) is 2.95. The summed E-state index contributed by atoms with van der Waals surface area (Å²) in [6.45, 7) is 15.9. The number of allylic oxidation sites excluding steroid dienone is 4. The van der Waals surface area contributed by atoms with Gasteiger partial charge in [0.25, 0.3) is 0 Å². The summed E-state index contributed by atoms with van der Waals surface area (Å²) in [5, 5.41) is 2.83. The van der Waals surface area contributed by atoms with Gasteiger partial charge in [0.05, 0.1) is 24.1 Å². The van der Waals surface area contributed by atoms with Crippen molar-refractivity contribution < 1.29 is 85.8 Å². The van der Waals surface area contributed by atoms with Crippen LogP contribution in [0.3, 0.4) is 0 Å². The Kier molecular flexibility index (Phi) is 21.5. The lowest BCUT2D eigenvalue weighted by Crippen LogP contribution is -2.75. The van der Waals surface area contributed by atoms with E-state index in [1.165, 1.54) is 42.4 Å². The first kappa shape index (κ1) is 62.5. The van der Waals surface area contributed by atoms with E-state index >= 15 is 9.59 Å². The third-order valence-corrected chi connectivity index (χ3v) is 18.0. The topological polar surface area (TPSA) is 249 Å². The summed E-state index contributed by atoms with van der Waals surface area (Å²) in [5.74, 6) is -5.76. The van der Waals surface area contributed by atoms with Crippen LogP contribution in [0.4, 0.5) is 4.79 Å². The Labute approximate surface area is 470 Å². The van der Waals surface area contributed by atoms with Gasteiger partial charge in [0, 0.05) is 68.8 Å². The number of hydrogen-bond acceptors (Lipinski definition) is 20. The van der Waals surface area contributed by atoms with E-state index in [9.17, 15) is 33.6 Å². The van der Waals surface area contributed by atoms with Crippen molar-refractivity contribution >= 4 is 75.2 Å². The van der Waals surface area contributed by atoms with Crippen molar-refractivity contribution in [3.8, 4) is 0 Å². The van der Waals surface area contributed by atoms with Gasteiger partial charge in [-0.3, -0.25) is 28.8 Å². The second-order valence-corrected chi connectivity index (χ2v) is 25.3. The van der Waals surface area contributed by atoms with Crippen molar-refractivity contribution in [2.24, 2.45) is 28.6 Å². The lowest BCUT2D eigenvalue weighted by Gasteiger charge is -2.64. The number of fused-ring (bicyclic) bond motifs is 5. The van der Waals surface area contributed by atoms with E-state index in [1.807, 2.05) is 39.8 Å². The van der Waals surface area contributed by atoms with Gasteiger partial charge in [-0.25, -0.2) is 14.4 Å². The van der Waals surface area contributed by atoms with Gasteiger partial charge in [-0.15, -0.1) is 0 Å². The first-order valence-corrected chi connectivity index (χ1v) is 29.5. The molecule has 2 saturated carbocycles. The van der Waals surface area contributed by atoms with Crippen molar-refractivity contribution in [2.45, 2.75) is 175 Å². The van der Waals surface area contributed by atoms with Crippen LogP contribution in [0.25, 0.3) is 0 Å². The zero-order chi connectivity index (χ0) is 57.9. The number of rotatable bonds is 23. The SMILES string of the molecule is CC(=O)OCC(COC(C)=O)OC(=O)CCCSSCCCC(=O)OC(C(=O)O[C@H]1CC2[C@@H](OC(=O)c3ccccc3)C3[C@@](C)(CC[C@H]4OC[C@@]34OC(C)=O)C(=O)CC(=C1C)C2(C)C)[C@@H](NC(=O)OC(C)(C)C)C1C=CC=CC1.